The fourth-order valence-corrected chi connectivity index (χ4v) is 1.86. The van der Waals surface area contributed by atoms with E-state index in [1.165, 1.54) is 18.1 Å². The van der Waals surface area contributed by atoms with Gasteiger partial charge in [-0.15, -0.1) is 0 Å². The van der Waals surface area contributed by atoms with Crippen LogP contribution in [0.3, 0.4) is 0 Å². The third-order valence-corrected chi connectivity index (χ3v) is 2.44. The molecule has 0 unspecified atom stereocenters. The van der Waals surface area contributed by atoms with Crippen molar-refractivity contribution in [1.29, 1.82) is 0 Å². The van der Waals surface area contributed by atoms with Gasteiger partial charge in [0.1, 0.15) is 0 Å². The van der Waals surface area contributed by atoms with Crippen molar-refractivity contribution in [2.24, 2.45) is 0 Å². The molecule has 1 aliphatic heterocycles. The van der Waals surface area contributed by atoms with Gasteiger partial charge in [-0.2, -0.15) is 0 Å². The lowest BCUT2D eigenvalue weighted by Gasteiger charge is -2.06. The Balaban J connectivity index is 0.000000360. The Hall–Kier alpha value is 1.02. The van der Waals surface area contributed by atoms with Crippen LogP contribution in [0.15, 0.2) is 0 Å². The molecule has 1 rings (SSSR count). The summed E-state index contributed by atoms with van der Waals surface area (Å²) in [4.78, 5) is 0. The van der Waals surface area contributed by atoms with E-state index >= 15 is 0 Å². The summed E-state index contributed by atoms with van der Waals surface area (Å²) in [5, 5.41) is 1.42. The van der Waals surface area contributed by atoms with Gasteiger partial charge in [-0.1, -0.05) is 11.7 Å². The summed E-state index contributed by atoms with van der Waals surface area (Å²) < 4.78 is 5.21. The molecule has 0 aromatic carbocycles. The van der Waals surface area contributed by atoms with E-state index in [0.717, 1.165) is 6.61 Å². The van der Waals surface area contributed by atoms with Crippen LogP contribution in [0.25, 0.3) is 0 Å². The summed E-state index contributed by atoms with van der Waals surface area (Å²) in [5.41, 5.74) is 0. The minimum atomic E-state index is 0. The van der Waals surface area contributed by atoms with Crippen molar-refractivity contribution >= 4 is 32.9 Å². The second-order valence-corrected chi connectivity index (χ2v) is 3.20. The normalized spacial score (nSPS) is 19.4. The molecule has 1 heterocycles. The summed E-state index contributed by atoms with van der Waals surface area (Å²) in [7, 11) is 0. The van der Waals surface area contributed by atoms with E-state index in [1.54, 1.807) is 0 Å². The molecule has 0 aliphatic carbocycles. The molecule has 1 fully saturated rings. The maximum Gasteiger partial charge on any atom is 0.435 e. The summed E-state index contributed by atoms with van der Waals surface area (Å²) in [6.45, 7) is 1.06. The third-order valence-electron chi connectivity index (χ3n) is 1.08. The molecule has 0 aromatic rings. The Morgan fingerprint density at radius 3 is 2.29 bits per heavy atom. The zero-order valence-corrected chi connectivity index (χ0v) is 5.36. The highest BCUT2D eigenvalue weighted by Crippen LogP contribution is 2.01. The second-order valence-electron chi connectivity index (χ2n) is 1.67. The van der Waals surface area contributed by atoms with Gasteiger partial charge in [-0.05, 0) is 6.42 Å². The summed E-state index contributed by atoms with van der Waals surface area (Å²) >= 11 is 0.00849. The predicted octanol–water partition coefficient (Wildman–Crippen LogP) is -0.617. The van der Waals surface area contributed by atoms with Crippen molar-refractivity contribution in [1.82, 2.24) is 0 Å². The van der Waals surface area contributed by atoms with Crippen molar-refractivity contribution in [2.75, 3.05) is 6.61 Å². The van der Waals surface area contributed by atoms with Gasteiger partial charge >= 0.3 is 15.6 Å². The lowest BCUT2D eigenvalue weighted by molar-refractivity contribution is 0.304. The number of hydrogen-bond acceptors (Lipinski definition) is 1. The van der Waals surface area contributed by atoms with Gasteiger partial charge in [0.2, 0.25) is 0 Å². The zero-order valence-electron chi connectivity index (χ0n) is 3.94. The fraction of sp³-hybridized carbons (Fsp3) is 1.00. The third kappa shape index (κ3) is 3.59. The van der Waals surface area contributed by atoms with Crippen LogP contribution in [0.4, 0.5) is 0 Å². The molecule has 0 radical (unpaired) electrons. The van der Waals surface area contributed by atoms with Crippen molar-refractivity contribution in [2.45, 2.75) is 18.1 Å². The van der Waals surface area contributed by atoms with E-state index in [0.29, 0.717) is 0 Å². The van der Waals surface area contributed by atoms with Gasteiger partial charge in [0, 0.05) is 6.61 Å². The molecule has 1 aliphatic rings. The number of rotatable bonds is 0. The fourth-order valence-electron chi connectivity index (χ4n) is 0.687. The molecular weight excluding hydrogens is 118 g/mol. The van der Waals surface area contributed by atoms with Gasteiger partial charge in [-0.25, -0.2) is 0 Å². The van der Waals surface area contributed by atoms with E-state index in [4.69, 9.17) is 3.79 Å². The Bertz CT molecular complexity index is 25.2. The van der Waals surface area contributed by atoms with E-state index in [-0.39, 0.29) is 32.9 Å². The summed E-state index contributed by atoms with van der Waals surface area (Å²) in [6, 6.07) is 0. The first-order chi connectivity index (χ1) is 3.00. The van der Waals surface area contributed by atoms with Crippen LogP contribution in [-0.4, -0.2) is 39.5 Å². The van der Waals surface area contributed by atoms with Gasteiger partial charge in [0.25, 0.3) is 0 Å². The Morgan fingerprint density at radius 1 is 1.29 bits per heavy atom. The lowest BCUT2D eigenvalue weighted by Crippen LogP contribution is -2.06. The summed E-state index contributed by atoms with van der Waals surface area (Å²) in [5.74, 6) is 0. The summed E-state index contributed by atoms with van der Waals surface area (Å²) in [6.07, 6.45) is 2.75. The van der Waals surface area contributed by atoms with Gasteiger partial charge in [-0.3, -0.25) is 0 Å². The monoisotopic (exact) mass is 130 g/mol. The van der Waals surface area contributed by atoms with Gasteiger partial charge < -0.3 is 3.79 Å². The smallest absolute Gasteiger partial charge is 0.435 e. The van der Waals surface area contributed by atoms with Crippen molar-refractivity contribution in [3.63, 3.8) is 0 Å². The van der Waals surface area contributed by atoms with Crippen molar-refractivity contribution in [3.05, 3.63) is 0 Å². The molecule has 1 nitrogen and oxygen atoms in total. The zero-order chi connectivity index (χ0) is 4.24. The molecule has 0 bridgehead atoms. The maximum absolute atomic E-state index is 5.21. The highest BCUT2D eigenvalue weighted by molar-refractivity contribution is 6.27. The van der Waals surface area contributed by atoms with E-state index in [2.05, 4.69) is 0 Å². The van der Waals surface area contributed by atoms with Crippen LogP contribution in [0, 0.1) is 0 Å². The van der Waals surface area contributed by atoms with Crippen molar-refractivity contribution in [3.8, 4) is 0 Å². The molecule has 7 heavy (non-hydrogen) atoms. The molecule has 0 atom stereocenters. The molecule has 0 spiro atoms. The minimum absolute atomic E-state index is 0. The average molecular weight is 130 g/mol. The van der Waals surface area contributed by atoms with E-state index in [9.17, 15) is 0 Å². The van der Waals surface area contributed by atoms with Crippen LogP contribution >= 0.6 is 0 Å². The van der Waals surface area contributed by atoms with Crippen LogP contribution in [-0.2, 0) is 3.79 Å². The van der Waals surface area contributed by atoms with Crippen molar-refractivity contribution < 1.29 is 3.79 Å². The first kappa shape index (κ1) is 8.02. The van der Waals surface area contributed by atoms with Crippen LogP contribution < -0.4 is 0 Å². The van der Waals surface area contributed by atoms with E-state index < -0.39 is 0 Å². The molecule has 0 aromatic heterocycles. The topological polar surface area (TPSA) is 9.23 Å². The predicted molar refractivity (Wildman–Crippen MR) is 37.1 cm³/mol. The molecule has 0 saturated carbocycles. The quantitative estimate of drug-likeness (QED) is 0.397. The Labute approximate surface area is 61.6 Å². The second kappa shape index (κ2) is 5.17. The highest BCUT2D eigenvalue weighted by atomic mass is 27.1. The van der Waals surface area contributed by atoms with E-state index in [1.807, 2.05) is 0 Å². The maximum atomic E-state index is 5.21. The molecular formula is C4H12Al2O. The lowest BCUT2D eigenvalue weighted by atomic mass is 10.4. The van der Waals surface area contributed by atoms with Gasteiger partial charge in [0.05, 0.1) is 0 Å². The Morgan fingerprint density at radius 2 is 2.14 bits per heavy atom. The molecule has 3 heteroatoms. The van der Waals surface area contributed by atoms with Crippen LogP contribution in [0.2, 0.25) is 5.28 Å². The minimum Gasteiger partial charge on any atom is -0.503 e. The van der Waals surface area contributed by atoms with Crippen LogP contribution in [0.5, 0.6) is 0 Å². The first-order valence-electron chi connectivity index (χ1n) is 2.58. The highest BCUT2D eigenvalue weighted by Gasteiger charge is 2.00. The van der Waals surface area contributed by atoms with Gasteiger partial charge in [0.15, 0.2) is 17.4 Å². The molecule has 1 saturated heterocycles. The molecule has 40 valence electrons. The first-order valence-corrected chi connectivity index (χ1v) is 4.15. The van der Waals surface area contributed by atoms with Crippen LogP contribution in [0.1, 0.15) is 12.8 Å². The average Bonchev–Trinajstić information content (AvgIpc) is 1.72. The number of hydrogen-bond donors (Lipinski definition) is 0. The molecule has 0 N–H and O–H groups in total. The molecule has 0 amide bonds. The Kier molecular flexibility index (Phi) is 5.92. The largest absolute Gasteiger partial charge is 0.503 e. The standard InChI is InChI=1S/C4H8O.2Al.4H/c1-2-3-4-5;;;;;;/h1-4H2;;;;;;/q-1;;+1;;;;. The SMILES string of the molecule is C1C[CH2][AlH][O]C1.[AlH3].